The lowest BCUT2D eigenvalue weighted by atomic mass is 9.33. The van der Waals surface area contributed by atoms with Crippen LogP contribution in [0.5, 0.6) is 0 Å². The number of hydrogen-bond donors (Lipinski definition) is 0. The molecule has 1 aromatic carbocycles. The monoisotopic (exact) mass is 646 g/mol. The van der Waals surface area contributed by atoms with Crippen LogP contribution in [0.2, 0.25) is 0 Å². The number of allylic oxidation sites excluding steroid dienone is 2. The molecule has 0 spiro atoms. The van der Waals surface area contributed by atoms with Gasteiger partial charge < -0.3 is 19.1 Å². The minimum atomic E-state index is -0.461. The predicted molar refractivity (Wildman–Crippen MR) is 192 cm³/mol. The van der Waals surface area contributed by atoms with Gasteiger partial charge in [-0.3, -0.25) is 0 Å². The van der Waals surface area contributed by atoms with Crippen LogP contribution in [-0.2, 0) is 27.4 Å². The van der Waals surface area contributed by atoms with Crippen molar-refractivity contribution in [1.82, 2.24) is 4.90 Å². The molecule has 262 valence electrons. The summed E-state index contributed by atoms with van der Waals surface area (Å²) in [6.45, 7) is 25.0. The predicted octanol–water partition coefficient (Wildman–Crippen LogP) is 10.2. The van der Waals surface area contributed by atoms with Crippen LogP contribution in [0.15, 0.2) is 35.9 Å². The van der Waals surface area contributed by atoms with E-state index < -0.39 is 5.79 Å². The molecule has 10 atom stereocenters. The molecule has 7 rings (SSSR count). The van der Waals surface area contributed by atoms with Crippen molar-refractivity contribution in [2.75, 3.05) is 20.7 Å². The Labute approximate surface area is 287 Å². The molecule has 0 amide bonds. The highest BCUT2D eigenvalue weighted by Crippen LogP contribution is 2.76. The molecule has 1 aliphatic heterocycles. The lowest BCUT2D eigenvalue weighted by Gasteiger charge is -2.72. The van der Waals surface area contributed by atoms with Gasteiger partial charge in [-0.25, -0.2) is 0 Å². The highest BCUT2D eigenvalue weighted by atomic mass is 16.7. The maximum absolute atomic E-state index is 7.04. The van der Waals surface area contributed by atoms with Gasteiger partial charge >= 0.3 is 0 Å². The van der Waals surface area contributed by atoms with Crippen molar-refractivity contribution in [1.29, 1.82) is 0 Å². The molecule has 1 aromatic rings. The zero-order valence-corrected chi connectivity index (χ0v) is 31.9. The molecule has 1 saturated heterocycles. The summed E-state index contributed by atoms with van der Waals surface area (Å²) in [7, 11) is 4.27. The molecule has 0 N–H and O–H groups in total. The van der Waals surface area contributed by atoms with E-state index in [1.54, 1.807) is 0 Å². The minimum Gasteiger partial charge on any atom is -0.373 e. The molecule has 4 saturated carbocycles. The second kappa shape index (κ2) is 11.1. The molecule has 5 fully saturated rings. The van der Waals surface area contributed by atoms with Crippen LogP contribution in [-0.4, -0.2) is 43.6 Å². The Kier molecular flexibility index (Phi) is 8.13. The average Bonchev–Trinajstić information content (AvgIpc) is 2.98. The van der Waals surface area contributed by atoms with Crippen molar-refractivity contribution in [2.45, 2.75) is 151 Å². The van der Waals surface area contributed by atoms with Crippen LogP contribution >= 0.6 is 0 Å². The Morgan fingerprint density at radius 3 is 2.17 bits per heavy atom. The molecule has 5 aliphatic carbocycles. The SMILES string of the molecule is CN(C)Cc1ccc(CO[C@@H]2CC(C)(C)C[C@@H]3C4=CC[C@@H]5[C@@]6(C)CCC7OC(C)(C)OCC7(C)C6CC[C@@]5(C)[C@]4(C)CC[C@]32C)cc1. The van der Waals surface area contributed by atoms with Gasteiger partial charge in [0.05, 0.1) is 25.4 Å². The van der Waals surface area contributed by atoms with Gasteiger partial charge in [-0.05, 0) is 136 Å². The van der Waals surface area contributed by atoms with E-state index >= 15 is 0 Å². The smallest absolute Gasteiger partial charge is 0.163 e. The van der Waals surface area contributed by atoms with Gasteiger partial charge in [-0.15, -0.1) is 0 Å². The molecule has 6 aliphatic rings. The third-order valence-corrected chi connectivity index (χ3v) is 16.0. The number of benzene rings is 1. The average molecular weight is 646 g/mol. The topological polar surface area (TPSA) is 30.9 Å². The zero-order chi connectivity index (χ0) is 33.8. The molecule has 47 heavy (non-hydrogen) atoms. The highest BCUT2D eigenvalue weighted by molar-refractivity contribution is 5.34. The van der Waals surface area contributed by atoms with Gasteiger partial charge in [0.1, 0.15) is 0 Å². The molecule has 4 heteroatoms. The van der Waals surface area contributed by atoms with Gasteiger partial charge in [-0.1, -0.05) is 84.4 Å². The third kappa shape index (κ3) is 5.27. The van der Waals surface area contributed by atoms with E-state index in [-0.39, 0.29) is 27.8 Å². The lowest BCUT2D eigenvalue weighted by Crippen LogP contribution is -2.68. The van der Waals surface area contributed by atoms with E-state index in [0.717, 1.165) is 19.6 Å². The van der Waals surface area contributed by atoms with Crippen molar-refractivity contribution in [2.24, 2.45) is 50.2 Å². The Balaban J connectivity index is 1.16. The van der Waals surface area contributed by atoms with Crippen LogP contribution in [0.25, 0.3) is 0 Å². The molecule has 0 bridgehead atoms. The van der Waals surface area contributed by atoms with E-state index in [1.165, 1.54) is 62.5 Å². The number of fused-ring (bicyclic) bond motifs is 9. The van der Waals surface area contributed by atoms with E-state index in [0.29, 0.717) is 41.3 Å². The van der Waals surface area contributed by atoms with Crippen LogP contribution < -0.4 is 0 Å². The first-order chi connectivity index (χ1) is 21.9. The van der Waals surface area contributed by atoms with E-state index in [4.69, 9.17) is 14.2 Å². The summed E-state index contributed by atoms with van der Waals surface area (Å²) in [6.07, 6.45) is 14.7. The first-order valence-corrected chi connectivity index (χ1v) is 19.2. The summed E-state index contributed by atoms with van der Waals surface area (Å²) < 4.78 is 20.1. The minimum absolute atomic E-state index is 0.102. The van der Waals surface area contributed by atoms with Crippen LogP contribution in [0.4, 0.5) is 0 Å². The summed E-state index contributed by atoms with van der Waals surface area (Å²) in [5.41, 5.74) is 5.91. The summed E-state index contributed by atoms with van der Waals surface area (Å²) >= 11 is 0. The first kappa shape index (κ1) is 34.3. The second-order valence-electron chi connectivity index (χ2n) is 20.1. The summed E-state index contributed by atoms with van der Waals surface area (Å²) in [6, 6.07) is 9.13. The molecule has 0 aromatic heterocycles. The van der Waals surface area contributed by atoms with Crippen molar-refractivity contribution >= 4 is 0 Å². The van der Waals surface area contributed by atoms with Crippen molar-refractivity contribution in [3.63, 3.8) is 0 Å². The van der Waals surface area contributed by atoms with Gasteiger partial charge in [0.15, 0.2) is 5.79 Å². The lowest BCUT2D eigenvalue weighted by molar-refractivity contribution is -0.351. The van der Waals surface area contributed by atoms with E-state index in [9.17, 15) is 0 Å². The number of ether oxygens (including phenoxy) is 3. The standard InChI is InChI=1S/C43H67NO3/c1-37(2)24-32-31-16-17-34-40(6)20-19-35-41(7,28-46-38(3,4)47-35)33(40)18-21-43(34,9)42(31,8)23-22-39(32,5)36(25-37)45-27-30-14-12-29(13-15-30)26-44(10)11/h12-16,32-36H,17-28H2,1-11H3/t32-,33?,34-,35?,36-,39-,40+,41?,42-,43-/m1/s1. The van der Waals surface area contributed by atoms with Crippen molar-refractivity contribution in [3.05, 3.63) is 47.0 Å². The maximum atomic E-state index is 7.04. The summed E-state index contributed by atoms with van der Waals surface area (Å²) in [5, 5.41) is 0. The van der Waals surface area contributed by atoms with Gasteiger partial charge in [0.2, 0.25) is 0 Å². The quantitative estimate of drug-likeness (QED) is 0.298. The molecular weight excluding hydrogens is 578 g/mol. The van der Waals surface area contributed by atoms with E-state index in [2.05, 4.69) is 112 Å². The molecule has 0 radical (unpaired) electrons. The number of hydrogen-bond acceptors (Lipinski definition) is 4. The van der Waals surface area contributed by atoms with Crippen LogP contribution in [0.1, 0.15) is 131 Å². The highest BCUT2D eigenvalue weighted by Gasteiger charge is 2.70. The van der Waals surface area contributed by atoms with Crippen molar-refractivity contribution in [3.8, 4) is 0 Å². The van der Waals surface area contributed by atoms with Crippen molar-refractivity contribution < 1.29 is 14.2 Å². The number of rotatable bonds is 5. The fraction of sp³-hybridized carbons (Fsp3) is 0.814. The Morgan fingerprint density at radius 2 is 1.47 bits per heavy atom. The zero-order valence-electron chi connectivity index (χ0n) is 31.9. The van der Waals surface area contributed by atoms with Gasteiger partial charge in [0.25, 0.3) is 0 Å². The molecule has 1 heterocycles. The van der Waals surface area contributed by atoms with Crippen LogP contribution in [0, 0.1) is 50.2 Å². The second-order valence-corrected chi connectivity index (χ2v) is 20.1. The van der Waals surface area contributed by atoms with Crippen LogP contribution in [0.3, 0.4) is 0 Å². The third-order valence-electron chi connectivity index (χ3n) is 16.0. The summed E-state index contributed by atoms with van der Waals surface area (Å²) in [5.74, 6) is 1.49. The van der Waals surface area contributed by atoms with E-state index in [1.807, 2.05) is 5.57 Å². The fourth-order valence-corrected chi connectivity index (χ4v) is 13.1. The van der Waals surface area contributed by atoms with Gasteiger partial charge in [0, 0.05) is 17.4 Å². The number of nitrogens with zero attached hydrogens (tertiary/aromatic N) is 1. The Hall–Kier alpha value is -1.20. The Bertz CT molecular complexity index is 1380. The van der Waals surface area contributed by atoms with Gasteiger partial charge in [-0.2, -0.15) is 0 Å². The summed E-state index contributed by atoms with van der Waals surface area (Å²) in [4.78, 5) is 2.23. The largest absolute Gasteiger partial charge is 0.373 e. The molecule has 4 nitrogen and oxygen atoms in total. The maximum Gasteiger partial charge on any atom is 0.163 e. The normalized spacial score (nSPS) is 46.7. The fourth-order valence-electron chi connectivity index (χ4n) is 13.1. The Morgan fingerprint density at radius 1 is 0.766 bits per heavy atom. The molecule has 3 unspecified atom stereocenters. The first-order valence-electron chi connectivity index (χ1n) is 19.2. The molecular formula is C43H67NO3.